The van der Waals surface area contributed by atoms with Gasteiger partial charge in [-0.1, -0.05) is 47.2 Å². The second-order valence-corrected chi connectivity index (χ2v) is 8.06. The Labute approximate surface area is 182 Å². The molecular formula is C19H15Cl2NO4S2. The number of amides is 1. The van der Waals surface area contributed by atoms with E-state index >= 15 is 0 Å². The summed E-state index contributed by atoms with van der Waals surface area (Å²) in [5.74, 6) is 1.17. The molecular weight excluding hydrogens is 441 g/mol. The average Bonchev–Trinajstić information content (AvgIpc) is 2.94. The number of hydrogen-bond donors (Lipinski definition) is 0. The molecule has 1 aliphatic heterocycles. The van der Waals surface area contributed by atoms with Crippen molar-refractivity contribution in [2.24, 2.45) is 0 Å². The first kappa shape index (κ1) is 20.8. The van der Waals surface area contributed by atoms with E-state index in [1.807, 2.05) is 0 Å². The number of rotatable bonds is 5. The monoisotopic (exact) mass is 455 g/mol. The normalized spacial score (nSPS) is 15.3. The molecule has 2 aromatic carbocycles. The van der Waals surface area contributed by atoms with Crippen molar-refractivity contribution in [1.82, 2.24) is 0 Å². The minimum Gasteiger partial charge on any atom is -0.495 e. The lowest BCUT2D eigenvalue weighted by Gasteiger charge is -2.15. The smallest absolute Gasteiger partial charge is 0.270 e. The zero-order valence-electron chi connectivity index (χ0n) is 15.1. The van der Waals surface area contributed by atoms with Crippen LogP contribution in [-0.2, 0) is 4.79 Å². The number of carbonyl (C=O) groups is 1. The molecule has 0 radical (unpaired) electrons. The molecule has 0 N–H and O–H groups in total. The first-order chi connectivity index (χ1) is 13.4. The fraction of sp³-hybridized carbons (Fsp3) is 0.158. The molecule has 1 heterocycles. The van der Waals surface area contributed by atoms with Crippen molar-refractivity contribution in [2.45, 2.75) is 0 Å². The number of nitrogens with zero attached hydrogens (tertiary/aromatic N) is 1. The molecule has 0 atom stereocenters. The standard InChI is InChI=1S/C19H15Cl2NO4S2/c1-24-14-5-4-11(9-12(14)20)22-18(23)16(28-19(22)27)8-10-6-13(21)17(26-3)15(7-10)25-2/h4-9H,1-3H3/b16-8-. The van der Waals surface area contributed by atoms with E-state index in [9.17, 15) is 4.79 Å². The summed E-state index contributed by atoms with van der Waals surface area (Å²) in [4.78, 5) is 14.8. The molecule has 1 saturated heterocycles. The van der Waals surface area contributed by atoms with Gasteiger partial charge in [0.25, 0.3) is 5.91 Å². The number of benzene rings is 2. The van der Waals surface area contributed by atoms with Gasteiger partial charge >= 0.3 is 0 Å². The summed E-state index contributed by atoms with van der Waals surface area (Å²) < 4.78 is 16.1. The van der Waals surface area contributed by atoms with E-state index < -0.39 is 0 Å². The highest BCUT2D eigenvalue weighted by molar-refractivity contribution is 8.27. The summed E-state index contributed by atoms with van der Waals surface area (Å²) in [6.07, 6.45) is 1.71. The second-order valence-electron chi connectivity index (χ2n) is 5.57. The Kier molecular flexibility index (Phi) is 6.40. The molecule has 0 unspecified atom stereocenters. The van der Waals surface area contributed by atoms with Gasteiger partial charge in [-0.2, -0.15) is 0 Å². The van der Waals surface area contributed by atoms with Crippen LogP contribution < -0.4 is 19.1 Å². The van der Waals surface area contributed by atoms with Gasteiger partial charge in [0.1, 0.15) is 5.75 Å². The molecule has 0 aliphatic carbocycles. The van der Waals surface area contributed by atoms with Crippen LogP contribution in [0.2, 0.25) is 10.0 Å². The summed E-state index contributed by atoms with van der Waals surface area (Å²) in [6, 6.07) is 8.49. The maximum absolute atomic E-state index is 12.9. The van der Waals surface area contributed by atoms with Crippen molar-refractivity contribution < 1.29 is 19.0 Å². The number of hydrogen-bond acceptors (Lipinski definition) is 6. The number of halogens is 2. The van der Waals surface area contributed by atoms with Crippen LogP contribution in [0.4, 0.5) is 5.69 Å². The van der Waals surface area contributed by atoms with E-state index in [-0.39, 0.29) is 5.91 Å². The first-order valence-electron chi connectivity index (χ1n) is 7.92. The molecule has 0 bridgehead atoms. The predicted octanol–water partition coefficient (Wildman–Crippen LogP) is 5.43. The van der Waals surface area contributed by atoms with Crippen LogP contribution in [0.15, 0.2) is 35.2 Å². The van der Waals surface area contributed by atoms with Crippen LogP contribution in [0.3, 0.4) is 0 Å². The molecule has 1 fully saturated rings. The van der Waals surface area contributed by atoms with Crippen molar-refractivity contribution in [3.63, 3.8) is 0 Å². The van der Waals surface area contributed by atoms with E-state index in [0.29, 0.717) is 47.8 Å². The van der Waals surface area contributed by atoms with Crippen molar-refractivity contribution in [3.8, 4) is 17.2 Å². The Balaban J connectivity index is 1.95. The maximum Gasteiger partial charge on any atom is 0.270 e. The average molecular weight is 456 g/mol. The third kappa shape index (κ3) is 3.93. The highest BCUT2D eigenvalue weighted by Crippen LogP contribution is 2.40. The van der Waals surface area contributed by atoms with Crippen LogP contribution >= 0.6 is 47.2 Å². The Morgan fingerprint density at radius 3 is 2.32 bits per heavy atom. The Morgan fingerprint density at radius 2 is 1.71 bits per heavy atom. The molecule has 0 aromatic heterocycles. The topological polar surface area (TPSA) is 48.0 Å². The second kappa shape index (κ2) is 8.61. The lowest BCUT2D eigenvalue weighted by Crippen LogP contribution is -2.27. The van der Waals surface area contributed by atoms with Gasteiger partial charge in [0, 0.05) is 0 Å². The zero-order chi connectivity index (χ0) is 20.4. The third-order valence-corrected chi connectivity index (χ3v) is 5.82. The van der Waals surface area contributed by atoms with Gasteiger partial charge < -0.3 is 14.2 Å². The molecule has 0 spiro atoms. The predicted molar refractivity (Wildman–Crippen MR) is 118 cm³/mol. The third-order valence-electron chi connectivity index (χ3n) is 3.94. The van der Waals surface area contributed by atoms with Crippen molar-refractivity contribution >= 4 is 69.2 Å². The minimum absolute atomic E-state index is 0.248. The zero-order valence-corrected chi connectivity index (χ0v) is 18.3. The number of thiocarbonyl (C=S) groups is 1. The summed E-state index contributed by atoms with van der Waals surface area (Å²) in [5, 5.41) is 0.773. The highest BCUT2D eigenvalue weighted by Gasteiger charge is 2.33. The summed E-state index contributed by atoms with van der Waals surface area (Å²) in [7, 11) is 4.55. The lowest BCUT2D eigenvalue weighted by atomic mass is 10.1. The van der Waals surface area contributed by atoms with Crippen molar-refractivity contribution in [1.29, 1.82) is 0 Å². The number of carbonyl (C=O) groups excluding carboxylic acids is 1. The lowest BCUT2D eigenvalue weighted by molar-refractivity contribution is -0.113. The molecule has 146 valence electrons. The minimum atomic E-state index is -0.248. The molecule has 2 aromatic rings. The van der Waals surface area contributed by atoms with Crippen molar-refractivity contribution in [2.75, 3.05) is 26.2 Å². The quantitative estimate of drug-likeness (QED) is 0.442. The van der Waals surface area contributed by atoms with E-state index in [1.165, 1.54) is 38.0 Å². The maximum atomic E-state index is 12.9. The van der Waals surface area contributed by atoms with E-state index in [0.717, 1.165) is 0 Å². The molecule has 0 saturated carbocycles. The van der Waals surface area contributed by atoms with Gasteiger partial charge in [0.2, 0.25) is 0 Å². The van der Waals surface area contributed by atoms with Gasteiger partial charge in [-0.3, -0.25) is 9.69 Å². The molecule has 1 aliphatic rings. The number of thioether (sulfide) groups is 1. The summed E-state index contributed by atoms with van der Waals surface area (Å²) in [6.45, 7) is 0. The van der Waals surface area contributed by atoms with Crippen LogP contribution in [-0.4, -0.2) is 31.6 Å². The molecule has 1 amide bonds. The SMILES string of the molecule is COc1ccc(N2C(=O)/C(=C/c3cc(Cl)c(OC)c(OC)c3)SC2=S)cc1Cl. The van der Waals surface area contributed by atoms with E-state index in [4.69, 9.17) is 49.6 Å². The highest BCUT2D eigenvalue weighted by atomic mass is 35.5. The van der Waals surface area contributed by atoms with Gasteiger partial charge in [-0.25, -0.2) is 0 Å². The Bertz CT molecular complexity index is 994. The Hall–Kier alpha value is -1.93. The molecule has 3 rings (SSSR count). The van der Waals surface area contributed by atoms with E-state index in [2.05, 4.69) is 0 Å². The molecule has 5 nitrogen and oxygen atoms in total. The van der Waals surface area contributed by atoms with Gasteiger partial charge in [-0.15, -0.1) is 0 Å². The Morgan fingerprint density at radius 1 is 1.00 bits per heavy atom. The van der Waals surface area contributed by atoms with Crippen LogP contribution in [0.1, 0.15) is 5.56 Å². The number of anilines is 1. The molecule has 28 heavy (non-hydrogen) atoms. The van der Waals surface area contributed by atoms with Crippen LogP contribution in [0.25, 0.3) is 6.08 Å². The summed E-state index contributed by atoms with van der Waals surface area (Å²) >= 11 is 19.0. The molecule has 9 heteroatoms. The largest absolute Gasteiger partial charge is 0.495 e. The van der Waals surface area contributed by atoms with Crippen molar-refractivity contribution in [3.05, 3.63) is 50.8 Å². The van der Waals surface area contributed by atoms with Gasteiger partial charge in [0.15, 0.2) is 15.8 Å². The fourth-order valence-electron chi connectivity index (χ4n) is 2.66. The van der Waals surface area contributed by atoms with Crippen LogP contribution in [0, 0.1) is 0 Å². The van der Waals surface area contributed by atoms with Crippen LogP contribution in [0.5, 0.6) is 17.2 Å². The first-order valence-corrected chi connectivity index (χ1v) is 9.90. The van der Waals surface area contributed by atoms with E-state index in [1.54, 1.807) is 36.4 Å². The summed E-state index contributed by atoms with van der Waals surface area (Å²) in [5.41, 5.74) is 1.26. The van der Waals surface area contributed by atoms with Gasteiger partial charge in [0.05, 0.1) is 42.0 Å². The number of methoxy groups -OCH3 is 3. The fourth-order valence-corrected chi connectivity index (χ4v) is 4.50. The van der Waals surface area contributed by atoms with Gasteiger partial charge in [-0.05, 0) is 42.0 Å². The number of ether oxygens (including phenoxy) is 3.